The molecule has 0 aromatic heterocycles. The number of alkyl halides is 1. The number of nitrogens with two attached hydrogens (primary N) is 1. The second kappa shape index (κ2) is 15.4. The maximum atomic E-state index is 13.0. The van der Waals surface area contributed by atoms with Gasteiger partial charge in [0.2, 0.25) is 17.7 Å². The lowest BCUT2D eigenvalue weighted by Gasteiger charge is -2.25. The number of halogens is 1. The highest BCUT2D eigenvalue weighted by molar-refractivity contribution is 6.58. The van der Waals surface area contributed by atoms with E-state index in [4.69, 9.17) is 17.3 Å². The summed E-state index contributed by atoms with van der Waals surface area (Å²) in [6, 6.07) is 3.33. The van der Waals surface area contributed by atoms with Gasteiger partial charge in [-0.05, 0) is 43.0 Å². The lowest BCUT2D eigenvalue weighted by molar-refractivity contribution is -0.131. The summed E-state index contributed by atoms with van der Waals surface area (Å²) >= 11 is 5.46. The molecule has 14 heteroatoms. The molecule has 0 aliphatic rings. The summed E-state index contributed by atoms with van der Waals surface area (Å²) < 4.78 is 0. The predicted octanol–water partition coefficient (Wildman–Crippen LogP) is -1.17. The van der Waals surface area contributed by atoms with E-state index in [0.29, 0.717) is 12.1 Å². The number of hydrogen-bond acceptors (Lipinski definition) is 6. The Hall–Kier alpha value is -3.61. The molecule has 196 valence electrons. The zero-order chi connectivity index (χ0) is 27.3. The average molecular weight is 523 g/mol. The molecule has 1 aromatic carbocycles. The summed E-state index contributed by atoms with van der Waals surface area (Å²) in [6.07, 6.45) is 0.483. The van der Waals surface area contributed by atoms with Crippen LogP contribution in [0.5, 0.6) is 0 Å². The van der Waals surface area contributed by atoms with Crippen molar-refractivity contribution in [3.63, 3.8) is 0 Å². The topological polar surface area (TPSA) is 189 Å². The molecule has 0 bridgehead atoms. The van der Waals surface area contributed by atoms with E-state index in [1.165, 1.54) is 32.1 Å². The molecule has 0 radical (unpaired) electrons. The molecular weight excluding hydrogens is 491 g/mol. The van der Waals surface area contributed by atoms with E-state index in [1.807, 2.05) is 0 Å². The van der Waals surface area contributed by atoms with Crippen molar-refractivity contribution in [3.05, 3.63) is 29.8 Å². The number of benzene rings is 1. The third-order valence-corrected chi connectivity index (χ3v) is 5.14. The van der Waals surface area contributed by atoms with Crippen LogP contribution in [0, 0.1) is 5.92 Å². The summed E-state index contributed by atoms with van der Waals surface area (Å²) in [4.78, 5) is 71.8. The highest BCUT2D eigenvalue weighted by Gasteiger charge is 2.29. The molecule has 0 heterocycles. The summed E-state index contributed by atoms with van der Waals surface area (Å²) in [6.45, 7) is 3.46. The van der Waals surface area contributed by atoms with E-state index >= 15 is 0 Å². The summed E-state index contributed by atoms with van der Waals surface area (Å²) in [7, 11) is 1.31. The third-order valence-electron chi connectivity index (χ3n) is 4.90. The Morgan fingerprint density at radius 1 is 0.972 bits per heavy atom. The van der Waals surface area contributed by atoms with Crippen LogP contribution in [-0.4, -0.2) is 74.2 Å². The number of amides is 6. The summed E-state index contributed by atoms with van der Waals surface area (Å²) in [5.74, 6) is -2.60. The zero-order valence-corrected chi connectivity index (χ0v) is 21.2. The fourth-order valence-electron chi connectivity index (χ4n) is 3.04. The average Bonchev–Trinajstić information content (AvgIpc) is 2.82. The van der Waals surface area contributed by atoms with Crippen molar-refractivity contribution in [1.29, 1.82) is 0 Å². The van der Waals surface area contributed by atoms with Crippen LogP contribution in [0.25, 0.3) is 0 Å². The Labute approximate surface area is 215 Å². The van der Waals surface area contributed by atoms with Gasteiger partial charge in [0.25, 0.3) is 5.91 Å². The molecule has 0 saturated carbocycles. The van der Waals surface area contributed by atoms with Crippen LogP contribution in [0.3, 0.4) is 0 Å². The lowest BCUT2D eigenvalue weighted by Crippen LogP contribution is -2.55. The normalized spacial score (nSPS) is 12.1. The Morgan fingerprint density at radius 3 is 2.14 bits per heavy atom. The Bertz CT molecular complexity index is 959. The minimum absolute atomic E-state index is 0.157. The van der Waals surface area contributed by atoms with Crippen molar-refractivity contribution >= 4 is 60.5 Å². The summed E-state index contributed by atoms with van der Waals surface area (Å²) in [5.41, 5.74) is 5.49. The summed E-state index contributed by atoms with van der Waals surface area (Å²) in [5, 5.41) is 12.7. The second-order valence-electron chi connectivity index (χ2n) is 8.37. The quantitative estimate of drug-likeness (QED) is 0.101. The number of primary amides is 1. The van der Waals surface area contributed by atoms with E-state index in [0.717, 1.165) is 0 Å². The first-order valence-electron chi connectivity index (χ1n) is 11.3. The maximum absolute atomic E-state index is 13.0. The smallest absolute Gasteiger partial charge is 0.312 e. The van der Waals surface area contributed by atoms with Gasteiger partial charge < -0.3 is 37.1 Å². The standard InChI is InChI=1S/C22H32BClN6O6/c1-12(2)18(30-19(33)13-5-7-14(8-6-13)28-17(32)10-24)21(35)29-15(4-3-9-26-22(25)36)20(34)27-11-16(23)31/h5-8,12,15,18H,3-4,9-11,23H2,1-2H3,(H,27,34)(H,28,32)(H,29,35)(H,30,33)(H3,25,26,36)/t15-,18?/m0/s1. The van der Waals surface area contributed by atoms with Gasteiger partial charge in [-0.15, -0.1) is 11.6 Å². The Morgan fingerprint density at radius 2 is 1.61 bits per heavy atom. The predicted molar refractivity (Wildman–Crippen MR) is 137 cm³/mol. The number of carbonyl (C=O) groups excluding carboxylic acids is 6. The van der Waals surface area contributed by atoms with Crippen molar-refractivity contribution in [2.45, 2.75) is 38.8 Å². The Kier molecular flexibility index (Phi) is 13.0. The van der Waals surface area contributed by atoms with Gasteiger partial charge in [-0.25, -0.2) is 4.79 Å². The van der Waals surface area contributed by atoms with Gasteiger partial charge in [-0.3, -0.25) is 19.2 Å². The molecule has 12 nitrogen and oxygen atoms in total. The molecule has 0 spiro atoms. The number of rotatable bonds is 14. The Balaban J connectivity index is 2.89. The van der Waals surface area contributed by atoms with E-state index in [9.17, 15) is 28.8 Å². The monoisotopic (exact) mass is 522 g/mol. The van der Waals surface area contributed by atoms with Gasteiger partial charge in [-0.2, -0.15) is 0 Å². The molecule has 0 fully saturated rings. The first-order chi connectivity index (χ1) is 16.9. The fourth-order valence-corrected chi connectivity index (χ4v) is 3.11. The van der Waals surface area contributed by atoms with Crippen LogP contribution in [-0.2, 0) is 19.2 Å². The van der Waals surface area contributed by atoms with Crippen molar-refractivity contribution in [3.8, 4) is 0 Å². The van der Waals surface area contributed by atoms with Crippen molar-refractivity contribution in [1.82, 2.24) is 21.3 Å². The highest BCUT2D eigenvalue weighted by Crippen LogP contribution is 2.11. The highest BCUT2D eigenvalue weighted by atomic mass is 35.5. The van der Waals surface area contributed by atoms with E-state index < -0.39 is 41.7 Å². The SMILES string of the molecule is BC(=O)CNC(=O)[C@H](CCCNC(N)=O)NC(=O)C(NC(=O)c1ccc(NC(=O)CCl)cc1)C(C)C. The van der Waals surface area contributed by atoms with Crippen LogP contribution in [0.1, 0.15) is 37.0 Å². The van der Waals surface area contributed by atoms with Crippen LogP contribution >= 0.6 is 11.6 Å². The molecule has 36 heavy (non-hydrogen) atoms. The van der Waals surface area contributed by atoms with Gasteiger partial charge >= 0.3 is 6.03 Å². The number of anilines is 1. The zero-order valence-electron chi connectivity index (χ0n) is 20.5. The molecular formula is C22H32BClN6O6. The largest absolute Gasteiger partial charge is 0.352 e. The lowest BCUT2D eigenvalue weighted by atomic mass is 10.0. The molecule has 0 aliphatic heterocycles. The minimum atomic E-state index is -1.01. The van der Waals surface area contributed by atoms with Crippen molar-refractivity contribution in [2.24, 2.45) is 11.7 Å². The molecule has 1 rings (SSSR count). The molecule has 1 aromatic rings. The minimum Gasteiger partial charge on any atom is -0.352 e. The van der Waals surface area contributed by atoms with E-state index in [1.54, 1.807) is 13.8 Å². The van der Waals surface area contributed by atoms with Crippen LogP contribution in [0.2, 0.25) is 0 Å². The first-order valence-corrected chi connectivity index (χ1v) is 11.9. The van der Waals surface area contributed by atoms with Crippen LogP contribution in [0.4, 0.5) is 10.5 Å². The molecule has 0 aliphatic carbocycles. The van der Waals surface area contributed by atoms with Gasteiger partial charge in [0.05, 0.1) is 6.54 Å². The van der Waals surface area contributed by atoms with E-state index in [-0.39, 0.29) is 42.6 Å². The molecule has 7 N–H and O–H groups in total. The first kappa shape index (κ1) is 30.4. The van der Waals surface area contributed by atoms with Gasteiger partial charge in [0.1, 0.15) is 23.6 Å². The van der Waals surface area contributed by atoms with E-state index in [2.05, 4.69) is 26.6 Å². The molecule has 1 unspecified atom stereocenters. The van der Waals surface area contributed by atoms with Gasteiger partial charge in [0.15, 0.2) is 7.85 Å². The molecule has 0 saturated heterocycles. The van der Waals surface area contributed by atoms with Crippen LogP contribution in [0.15, 0.2) is 24.3 Å². The van der Waals surface area contributed by atoms with Crippen LogP contribution < -0.4 is 32.3 Å². The number of urea groups is 1. The number of hydrogen-bond donors (Lipinski definition) is 6. The second-order valence-corrected chi connectivity index (χ2v) is 8.64. The number of nitrogens with one attached hydrogen (secondary N) is 5. The maximum Gasteiger partial charge on any atom is 0.312 e. The fraction of sp³-hybridized carbons (Fsp3) is 0.455. The van der Waals surface area contributed by atoms with Crippen molar-refractivity contribution < 1.29 is 28.8 Å². The van der Waals surface area contributed by atoms with Gasteiger partial charge in [0, 0.05) is 17.8 Å². The molecule has 6 amide bonds. The van der Waals surface area contributed by atoms with Gasteiger partial charge in [-0.1, -0.05) is 13.8 Å². The number of carbonyl (C=O) groups is 6. The third kappa shape index (κ3) is 11.2. The molecule has 2 atom stereocenters. The van der Waals surface area contributed by atoms with Crippen molar-refractivity contribution in [2.75, 3.05) is 24.3 Å².